The highest BCUT2D eigenvalue weighted by atomic mass is 32.2. The molecule has 0 amide bonds. The van der Waals surface area contributed by atoms with Gasteiger partial charge in [0.15, 0.2) is 0 Å². The molecule has 17 heavy (non-hydrogen) atoms. The van der Waals surface area contributed by atoms with E-state index in [-0.39, 0.29) is 6.04 Å². The maximum atomic E-state index is 5.75. The fourth-order valence-corrected chi connectivity index (χ4v) is 4.47. The van der Waals surface area contributed by atoms with Gasteiger partial charge >= 0.3 is 0 Å². The molecule has 3 rings (SSSR count). The van der Waals surface area contributed by atoms with Crippen LogP contribution in [0.15, 0.2) is 46.7 Å². The molecule has 0 bridgehead atoms. The van der Waals surface area contributed by atoms with Crippen molar-refractivity contribution in [2.24, 2.45) is 5.84 Å². The Balaban J connectivity index is 1.95. The molecule has 0 saturated heterocycles. The van der Waals surface area contributed by atoms with Gasteiger partial charge in [-0.2, -0.15) is 0 Å². The van der Waals surface area contributed by atoms with Crippen molar-refractivity contribution in [3.8, 4) is 0 Å². The lowest BCUT2D eigenvalue weighted by atomic mass is 9.93. The lowest BCUT2D eigenvalue weighted by molar-refractivity contribution is 0.493. The van der Waals surface area contributed by atoms with E-state index in [0.717, 1.165) is 5.75 Å². The van der Waals surface area contributed by atoms with Crippen molar-refractivity contribution in [3.63, 3.8) is 0 Å². The number of hydrogen-bond donors (Lipinski definition) is 2. The van der Waals surface area contributed by atoms with Crippen molar-refractivity contribution >= 4 is 23.1 Å². The first-order chi connectivity index (χ1) is 8.40. The number of benzene rings is 1. The molecule has 2 atom stereocenters. The molecule has 0 fully saturated rings. The van der Waals surface area contributed by atoms with E-state index in [1.807, 2.05) is 11.8 Å². The van der Waals surface area contributed by atoms with Gasteiger partial charge in [0.05, 0.1) is 6.04 Å². The van der Waals surface area contributed by atoms with Crippen LogP contribution in [0.1, 0.15) is 22.4 Å². The maximum Gasteiger partial charge on any atom is 0.0630 e. The zero-order valence-electron chi connectivity index (χ0n) is 9.30. The number of hydrazine groups is 1. The lowest BCUT2D eigenvalue weighted by Gasteiger charge is -2.21. The second kappa shape index (κ2) is 4.82. The van der Waals surface area contributed by atoms with Crippen molar-refractivity contribution in [1.82, 2.24) is 5.43 Å². The van der Waals surface area contributed by atoms with Crippen molar-refractivity contribution < 1.29 is 0 Å². The third-order valence-electron chi connectivity index (χ3n) is 3.17. The maximum absolute atomic E-state index is 5.75. The van der Waals surface area contributed by atoms with Gasteiger partial charge in [-0.3, -0.25) is 11.3 Å². The van der Waals surface area contributed by atoms with Crippen LogP contribution in [0, 0.1) is 0 Å². The third kappa shape index (κ3) is 2.02. The van der Waals surface area contributed by atoms with Gasteiger partial charge in [-0.25, -0.2) is 0 Å². The monoisotopic (exact) mass is 262 g/mol. The zero-order chi connectivity index (χ0) is 11.7. The molecule has 0 saturated carbocycles. The van der Waals surface area contributed by atoms with Gasteiger partial charge in [0.2, 0.25) is 0 Å². The molecule has 1 aliphatic heterocycles. The van der Waals surface area contributed by atoms with Crippen LogP contribution in [0.5, 0.6) is 0 Å². The summed E-state index contributed by atoms with van der Waals surface area (Å²) in [6.07, 6.45) is 0. The smallest absolute Gasteiger partial charge is 0.0630 e. The van der Waals surface area contributed by atoms with Gasteiger partial charge < -0.3 is 0 Å². The summed E-state index contributed by atoms with van der Waals surface area (Å²) >= 11 is 3.69. The average molecular weight is 262 g/mol. The van der Waals surface area contributed by atoms with E-state index in [4.69, 9.17) is 5.84 Å². The Morgan fingerprint density at radius 2 is 2.12 bits per heavy atom. The van der Waals surface area contributed by atoms with Gasteiger partial charge in [0.1, 0.15) is 0 Å². The van der Waals surface area contributed by atoms with E-state index in [2.05, 4.69) is 47.2 Å². The van der Waals surface area contributed by atoms with Crippen molar-refractivity contribution in [1.29, 1.82) is 0 Å². The molecule has 2 aromatic rings. The summed E-state index contributed by atoms with van der Waals surface area (Å²) in [5.74, 6) is 7.32. The van der Waals surface area contributed by atoms with Crippen LogP contribution in [0.25, 0.3) is 0 Å². The SMILES string of the molecule is NNC(c1cccs1)C1CSc2ccccc21. The summed E-state index contributed by atoms with van der Waals surface area (Å²) in [4.78, 5) is 2.71. The highest BCUT2D eigenvalue weighted by Gasteiger charge is 2.30. The quantitative estimate of drug-likeness (QED) is 0.659. The Labute approximate surface area is 109 Å². The van der Waals surface area contributed by atoms with Gasteiger partial charge in [0.25, 0.3) is 0 Å². The van der Waals surface area contributed by atoms with E-state index in [1.165, 1.54) is 15.3 Å². The Morgan fingerprint density at radius 1 is 1.24 bits per heavy atom. The summed E-state index contributed by atoms with van der Waals surface area (Å²) in [6.45, 7) is 0. The average Bonchev–Trinajstić information content (AvgIpc) is 3.01. The molecular weight excluding hydrogens is 248 g/mol. The number of thiophene rings is 1. The molecule has 0 aliphatic carbocycles. The summed E-state index contributed by atoms with van der Waals surface area (Å²) < 4.78 is 0. The van der Waals surface area contributed by atoms with Crippen molar-refractivity contribution in [3.05, 3.63) is 52.2 Å². The molecule has 4 heteroatoms. The highest BCUT2D eigenvalue weighted by Crippen LogP contribution is 2.45. The molecule has 1 aliphatic rings. The van der Waals surface area contributed by atoms with Crippen LogP contribution < -0.4 is 11.3 Å². The van der Waals surface area contributed by atoms with E-state index in [9.17, 15) is 0 Å². The first kappa shape index (κ1) is 11.3. The van der Waals surface area contributed by atoms with Crippen LogP contribution in [-0.4, -0.2) is 5.75 Å². The van der Waals surface area contributed by atoms with Gasteiger partial charge in [-0.05, 0) is 23.1 Å². The van der Waals surface area contributed by atoms with Crippen LogP contribution >= 0.6 is 23.1 Å². The fraction of sp³-hybridized carbons (Fsp3) is 0.231. The molecule has 1 aromatic carbocycles. The van der Waals surface area contributed by atoms with E-state index in [1.54, 1.807) is 11.3 Å². The predicted octanol–water partition coefficient (Wildman–Crippen LogP) is 3.14. The number of thioether (sulfide) groups is 1. The molecule has 0 spiro atoms. The molecule has 0 radical (unpaired) electrons. The van der Waals surface area contributed by atoms with Gasteiger partial charge in [-0.1, -0.05) is 24.3 Å². The minimum absolute atomic E-state index is 0.228. The largest absolute Gasteiger partial charge is 0.271 e. The normalized spacial score (nSPS) is 20.2. The summed E-state index contributed by atoms with van der Waals surface area (Å²) in [5.41, 5.74) is 4.41. The van der Waals surface area contributed by atoms with Gasteiger partial charge in [-0.15, -0.1) is 23.1 Å². The number of nitrogens with two attached hydrogens (primary N) is 1. The van der Waals surface area contributed by atoms with Crippen LogP contribution in [-0.2, 0) is 0 Å². The number of nitrogens with one attached hydrogen (secondary N) is 1. The molecule has 1 aromatic heterocycles. The molecule has 2 heterocycles. The number of hydrogen-bond acceptors (Lipinski definition) is 4. The zero-order valence-corrected chi connectivity index (χ0v) is 10.9. The first-order valence-corrected chi connectivity index (χ1v) is 7.48. The fourth-order valence-electron chi connectivity index (χ4n) is 2.33. The molecular formula is C13H14N2S2. The second-order valence-electron chi connectivity index (χ2n) is 4.12. The molecule has 2 nitrogen and oxygen atoms in total. The summed E-state index contributed by atoms with van der Waals surface area (Å²) in [6, 6.07) is 13.1. The molecule has 88 valence electrons. The van der Waals surface area contributed by atoms with Crippen LogP contribution in [0.2, 0.25) is 0 Å². The minimum atomic E-state index is 0.228. The van der Waals surface area contributed by atoms with Crippen LogP contribution in [0.4, 0.5) is 0 Å². The van der Waals surface area contributed by atoms with Gasteiger partial charge in [0, 0.05) is 21.4 Å². The minimum Gasteiger partial charge on any atom is -0.271 e. The Bertz CT molecular complexity index is 496. The van der Waals surface area contributed by atoms with E-state index in [0.29, 0.717) is 5.92 Å². The van der Waals surface area contributed by atoms with Crippen molar-refractivity contribution in [2.45, 2.75) is 16.9 Å². The Kier molecular flexibility index (Phi) is 3.20. The topological polar surface area (TPSA) is 38.0 Å². The third-order valence-corrected chi connectivity index (χ3v) is 5.33. The number of rotatable bonds is 3. The Morgan fingerprint density at radius 3 is 2.88 bits per heavy atom. The highest BCUT2D eigenvalue weighted by molar-refractivity contribution is 7.99. The van der Waals surface area contributed by atoms with Crippen LogP contribution in [0.3, 0.4) is 0 Å². The van der Waals surface area contributed by atoms with E-state index < -0.39 is 0 Å². The molecule has 2 unspecified atom stereocenters. The summed E-state index contributed by atoms with van der Waals surface area (Å²) in [7, 11) is 0. The first-order valence-electron chi connectivity index (χ1n) is 5.61. The lowest BCUT2D eigenvalue weighted by Crippen LogP contribution is -2.32. The standard InChI is InChI=1S/C13H14N2S2/c14-15-13(12-6-3-7-16-12)10-8-17-11-5-2-1-4-9(10)11/h1-7,10,13,15H,8,14H2. The predicted molar refractivity (Wildman–Crippen MR) is 74.3 cm³/mol. The summed E-state index contributed by atoms with van der Waals surface area (Å²) in [5, 5.41) is 2.10. The van der Waals surface area contributed by atoms with E-state index >= 15 is 0 Å². The van der Waals surface area contributed by atoms with Crippen molar-refractivity contribution in [2.75, 3.05) is 5.75 Å². The molecule has 3 N–H and O–H groups in total. The Hall–Kier alpha value is -0.810. The number of fused-ring (bicyclic) bond motifs is 1. The second-order valence-corrected chi connectivity index (χ2v) is 6.16.